The summed E-state index contributed by atoms with van der Waals surface area (Å²) in [5.74, 6) is 0. The second-order valence-corrected chi connectivity index (χ2v) is 17.9. The molecule has 306 valence electrons. The minimum Gasteiger partial charge on any atom is -0.308 e. The van der Waals surface area contributed by atoms with Crippen LogP contribution in [-0.2, 0) is 5.41 Å². The summed E-state index contributed by atoms with van der Waals surface area (Å²) in [6, 6.07) is 93.1. The van der Waals surface area contributed by atoms with E-state index in [1.165, 1.54) is 110 Å². The fraction of sp³-hybridized carbons (Fsp3) is 0.0154. The maximum atomic E-state index is 2.58. The molecule has 0 radical (unpaired) electrons. The van der Waals surface area contributed by atoms with Gasteiger partial charge in [-0.1, -0.05) is 231 Å². The van der Waals surface area contributed by atoms with E-state index >= 15 is 0 Å². The molecule has 0 aromatic heterocycles. The molecule has 0 bridgehead atoms. The topological polar surface area (TPSA) is 3.24 Å². The molecule has 12 aromatic carbocycles. The summed E-state index contributed by atoms with van der Waals surface area (Å²) in [6.07, 6.45) is 0. The Morgan fingerprint density at radius 3 is 1.61 bits per heavy atom. The summed E-state index contributed by atoms with van der Waals surface area (Å²) in [7, 11) is 0. The molecule has 0 saturated carbocycles. The summed E-state index contributed by atoms with van der Waals surface area (Å²) < 4.78 is 0. The first-order chi connectivity index (χ1) is 32.8. The van der Waals surface area contributed by atoms with Gasteiger partial charge in [0.1, 0.15) is 0 Å². The van der Waals surface area contributed by atoms with Gasteiger partial charge in [-0.15, -0.1) is 0 Å². The Bertz CT molecular complexity index is 3930. The predicted octanol–water partition coefficient (Wildman–Crippen LogP) is 17.4. The molecule has 1 unspecified atom stereocenters. The molecule has 12 aromatic rings. The summed E-state index contributed by atoms with van der Waals surface area (Å²) >= 11 is 0. The van der Waals surface area contributed by atoms with Crippen molar-refractivity contribution in [1.82, 2.24) is 0 Å². The first-order valence-electron chi connectivity index (χ1n) is 23.0. The zero-order chi connectivity index (χ0) is 43.3. The van der Waals surface area contributed by atoms with Crippen molar-refractivity contribution in [2.24, 2.45) is 0 Å². The molecule has 2 aliphatic rings. The first kappa shape index (κ1) is 36.9. The standard InChI is InChI=1S/C65H41N/c1-3-17-42(18-4-1)47-36-38-52-54-39-40-61(66(60-34-15-23-43-21-7-9-26-48(43)60)64-49-27-10-8-22-45(49)35-37-50(64)44-19-5-2-6-20-44)55-30-16-33-58(63(54)55)65(59(52)41-47)56-31-12-11-28-51(56)53-29-13-24-46-25-14-32-57(65)62(46)53/h1-41H. The van der Waals surface area contributed by atoms with Crippen molar-refractivity contribution in [3.05, 3.63) is 271 Å². The molecule has 0 fully saturated rings. The molecule has 2 aliphatic carbocycles. The first-order valence-corrected chi connectivity index (χ1v) is 23.0. The summed E-state index contributed by atoms with van der Waals surface area (Å²) in [6.45, 7) is 0. The Balaban J connectivity index is 1.16. The van der Waals surface area contributed by atoms with Crippen LogP contribution in [0.15, 0.2) is 249 Å². The highest BCUT2D eigenvalue weighted by Crippen LogP contribution is 2.62. The molecule has 0 N–H and O–H groups in total. The van der Waals surface area contributed by atoms with Crippen LogP contribution in [0.3, 0.4) is 0 Å². The van der Waals surface area contributed by atoms with Crippen molar-refractivity contribution in [3.63, 3.8) is 0 Å². The molecule has 1 spiro atoms. The lowest BCUT2D eigenvalue weighted by Gasteiger charge is -2.46. The van der Waals surface area contributed by atoms with E-state index in [1.54, 1.807) is 0 Å². The molecule has 1 nitrogen and oxygen atoms in total. The van der Waals surface area contributed by atoms with Crippen molar-refractivity contribution in [1.29, 1.82) is 0 Å². The van der Waals surface area contributed by atoms with Gasteiger partial charge in [0.05, 0.1) is 22.5 Å². The van der Waals surface area contributed by atoms with Gasteiger partial charge in [-0.3, -0.25) is 0 Å². The summed E-state index contributed by atoms with van der Waals surface area (Å²) in [4.78, 5) is 2.58. The summed E-state index contributed by atoms with van der Waals surface area (Å²) in [5.41, 5.74) is 18.0. The maximum Gasteiger partial charge on any atom is 0.0726 e. The molecule has 0 heterocycles. The Labute approximate surface area is 384 Å². The van der Waals surface area contributed by atoms with Crippen LogP contribution in [0.4, 0.5) is 17.1 Å². The third kappa shape index (κ3) is 5.11. The normalized spacial score (nSPS) is 14.4. The predicted molar refractivity (Wildman–Crippen MR) is 278 cm³/mol. The average molecular weight is 836 g/mol. The van der Waals surface area contributed by atoms with E-state index in [4.69, 9.17) is 0 Å². The highest BCUT2D eigenvalue weighted by atomic mass is 15.1. The second kappa shape index (κ2) is 14.2. The molecule has 1 heteroatoms. The number of nitrogens with zero attached hydrogens (tertiary/aromatic N) is 1. The highest BCUT2D eigenvalue weighted by Gasteiger charge is 2.49. The second-order valence-electron chi connectivity index (χ2n) is 17.9. The van der Waals surface area contributed by atoms with Gasteiger partial charge < -0.3 is 4.90 Å². The van der Waals surface area contributed by atoms with Crippen LogP contribution in [-0.4, -0.2) is 0 Å². The van der Waals surface area contributed by atoms with Crippen molar-refractivity contribution in [2.75, 3.05) is 4.90 Å². The molecular formula is C65H41N. The Kier molecular flexibility index (Phi) is 7.97. The Hall–Kier alpha value is -8.52. The van der Waals surface area contributed by atoms with Crippen molar-refractivity contribution >= 4 is 60.2 Å². The average Bonchev–Trinajstić information content (AvgIpc) is 3.39. The third-order valence-electron chi connectivity index (χ3n) is 14.6. The molecule has 0 aliphatic heterocycles. The van der Waals surface area contributed by atoms with Crippen LogP contribution in [0.5, 0.6) is 0 Å². The van der Waals surface area contributed by atoms with Gasteiger partial charge in [0.15, 0.2) is 0 Å². The molecule has 0 saturated heterocycles. The Morgan fingerprint density at radius 1 is 0.258 bits per heavy atom. The van der Waals surface area contributed by atoms with Crippen molar-refractivity contribution in [3.8, 4) is 44.5 Å². The Morgan fingerprint density at radius 2 is 0.773 bits per heavy atom. The van der Waals surface area contributed by atoms with E-state index < -0.39 is 5.41 Å². The highest BCUT2D eigenvalue weighted by molar-refractivity contribution is 6.18. The van der Waals surface area contributed by atoms with E-state index in [0.29, 0.717) is 0 Å². The molecule has 14 rings (SSSR count). The van der Waals surface area contributed by atoms with Gasteiger partial charge in [0.25, 0.3) is 0 Å². The minimum absolute atomic E-state index is 0.630. The smallest absolute Gasteiger partial charge is 0.0726 e. The molecule has 66 heavy (non-hydrogen) atoms. The summed E-state index contributed by atoms with van der Waals surface area (Å²) in [5, 5.41) is 9.90. The lowest BCUT2D eigenvalue weighted by molar-refractivity contribution is 0.755. The van der Waals surface area contributed by atoms with E-state index in [-0.39, 0.29) is 0 Å². The van der Waals surface area contributed by atoms with Crippen LogP contribution in [0.1, 0.15) is 22.3 Å². The largest absolute Gasteiger partial charge is 0.308 e. The third-order valence-corrected chi connectivity index (χ3v) is 14.6. The number of hydrogen-bond donors (Lipinski definition) is 0. The zero-order valence-corrected chi connectivity index (χ0v) is 36.1. The quantitative estimate of drug-likeness (QED) is 0.167. The van der Waals surface area contributed by atoms with E-state index in [2.05, 4.69) is 254 Å². The van der Waals surface area contributed by atoms with Crippen LogP contribution in [0.2, 0.25) is 0 Å². The number of anilines is 3. The van der Waals surface area contributed by atoms with E-state index in [0.717, 1.165) is 17.1 Å². The van der Waals surface area contributed by atoms with Gasteiger partial charge in [0, 0.05) is 21.7 Å². The minimum atomic E-state index is -0.630. The fourth-order valence-electron chi connectivity index (χ4n) is 11.9. The van der Waals surface area contributed by atoms with Gasteiger partial charge in [-0.05, 0) is 106 Å². The van der Waals surface area contributed by atoms with E-state index in [9.17, 15) is 0 Å². The van der Waals surface area contributed by atoms with E-state index in [1.807, 2.05) is 0 Å². The van der Waals surface area contributed by atoms with Gasteiger partial charge in [-0.2, -0.15) is 0 Å². The molecular weight excluding hydrogens is 795 g/mol. The monoisotopic (exact) mass is 835 g/mol. The van der Waals surface area contributed by atoms with Crippen LogP contribution < -0.4 is 4.90 Å². The molecule has 0 amide bonds. The van der Waals surface area contributed by atoms with Gasteiger partial charge in [-0.25, -0.2) is 0 Å². The number of benzene rings is 12. The number of rotatable bonds is 5. The zero-order valence-electron chi connectivity index (χ0n) is 36.1. The molecule has 1 atom stereocenters. The van der Waals surface area contributed by atoms with Crippen LogP contribution in [0.25, 0.3) is 87.6 Å². The lowest BCUT2D eigenvalue weighted by atomic mass is 9.55. The van der Waals surface area contributed by atoms with Crippen molar-refractivity contribution in [2.45, 2.75) is 5.41 Å². The van der Waals surface area contributed by atoms with Gasteiger partial charge >= 0.3 is 0 Å². The SMILES string of the molecule is c1ccc(-c2ccc3c(c2)C2(c4ccccc4-c4cccc5cccc2c45)c2cccc4c(N(c5cccc6ccccc56)c5c(-c6ccccc6)ccc6ccccc56)ccc-3c24)cc1. The van der Waals surface area contributed by atoms with Crippen LogP contribution >= 0.6 is 0 Å². The number of fused-ring (bicyclic) bond motifs is 10. The van der Waals surface area contributed by atoms with Crippen LogP contribution in [0, 0.1) is 0 Å². The van der Waals surface area contributed by atoms with Gasteiger partial charge in [0.2, 0.25) is 0 Å². The fourth-order valence-corrected chi connectivity index (χ4v) is 11.9. The van der Waals surface area contributed by atoms with Crippen molar-refractivity contribution < 1.29 is 0 Å². The lowest BCUT2D eigenvalue weighted by Crippen LogP contribution is -2.36. The number of hydrogen-bond acceptors (Lipinski definition) is 1. The maximum absolute atomic E-state index is 2.58.